The van der Waals surface area contributed by atoms with Crippen LogP contribution in [0.1, 0.15) is 30.7 Å². The van der Waals surface area contributed by atoms with Crippen molar-refractivity contribution in [3.05, 3.63) is 66.0 Å². The van der Waals surface area contributed by atoms with Gasteiger partial charge in [-0.15, -0.1) is 10.2 Å². The van der Waals surface area contributed by atoms with Crippen molar-refractivity contribution in [3.63, 3.8) is 0 Å². The van der Waals surface area contributed by atoms with Crippen molar-refractivity contribution in [2.45, 2.75) is 25.7 Å². The summed E-state index contributed by atoms with van der Waals surface area (Å²) in [4.78, 5) is 15.3. The van der Waals surface area contributed by atoms with E-state index < -0.39 is 5.92 Å². The summed E-state index contributed by atoms with van der Waals surface area (Å²) in [6.45, 7) is 5.01. The number of nitrogens with zero attached hydrogens (tertiary/aromatic N) is 5. The van der Waals surface area contributed by atoms with Crippen LogP contribution in [0.4, 0.5) is 5.95 Å². The van der Waals surface area contributed by atoms with Crippen molar-refractivity contribution in [3.8, 4) is 17.5 Å². The fraction of sp³-hybridized carbons (Fsp3) is 0.360. The number of ether oxygens (including phenoxy) is 2. The molecule has 170 valence electrons. The van der Waals surface area contributed by atoms with Crippen LogP contribution in [-0.2, 0) is 16.0 Å². The lowest BCUT2D eigenvalue weighted by atomic mass is 9.97. The second kappa shape index (κ2) is 10.7. The van der Waals surface area contributed by atoms with E-state index in [1.807, 2.05) is 66.1 Å². The Morgan fingerprint density at radius 1 is 1.12 bits per heavy atom. The van der Waals surface area contributed by atoms with Gasteiger partial charge in [-0.3, -0.25) is 9.36 Å². The van der Waals surface area contributed by atoms with E-state index in [1.54, 1.807) is 0 Å². The zero-order valence-corrected chi connectivity index (χ0v) is 18.7. The van der Waals surface area contributed by atoms with Crippen molar-refractivity contribution in [1.29, 1.82) is 5.26 Å². The molecule has 0 bridgehead atoms. The van der Waals surface area contributed by atoms with Crippen molar-refractivity contribution >= 4 is 11.7 Å². The molecule has 1 saturated heterocycles. The molecule has 8 heteroatoms. The first-order valence-electron chi connectivity index (χ1n) is 11.2. The van der Waals surface area contributed by atoms with Crippen LogP contribution in [0, 0.1) is 11.3 Å². The first-order chi connectivity index (χ1) is 16.2. The van der Waals surface area contributed by atoms with Crippen molar-refractivity contribution in [2.24, 2.45) is 0 Å². The summed E-state index contributed by atoms with van der Waals surface area (Å²) in [6.07, 6.45) is 0.694. The highest BCUT2D eigenvalue weighted by molar-refractivity contribution is 5.88. The van der Waals surface area contributed by atoms with Crippen LogP contribution in [0.25, 0.3) is 5.69 Å². The van der Waals surface area contributed by atoms with E-state index in [1.165, 1.54) is 0 Å². The summed E-state index contributed by atoms with van der Waals surface area (Å²) in [5, 5.41) is 18.7. The number of benzene rings is 2. The first-order valence-corrected chi connectivity index (χ1v) is 11.2. The normalized spacial score (nSPS) is 14.5. The summed E-state index contributed by atoms with van der Waals surface area (Å²) in [7, 11) is 0. The number of aromatic nitrogens is 3. The third-order valence-corrected chi connectivity index (χ3v) is 5.60. The third kappa shape index (κ3) is 5.04. The van der Waals surface area contributed by atoms with Gasteiger partial charge in [-0.2, -0.15) is 5.26 Å². The molecule has 0 unspecified atom stereocenters. The topological polar surface area (TPSA) is 93.3 Å². The number of ketones is 1. The van der Waals surface area contributed by atoms with Gasteiger partial charge in [0.2, 0.25) is 5.95 Å². The molecule has 3 aromatic rings. The predicted molar refractivity (Wildman–Crippen MR) is 124 cm³/mol. The molecule has 0 spiro atoms. The number of carbonyl (C=O) groups excluding carboxylic acids is 1. The lowest BCUT2D eigenvalue weighted by Crippen LogP contribution is -2.38. The molecule has 2 heterocycles. The predicted octanol–water partition coefficient (Wildman–Crippen LogP) is 3.31. The first kappa shape index (κ1) is 22.5. The molecule has 1 aliphatic heterocycles. The number of carbonyl (C=O) groups is 1. The molecule has 1 aliphatic rings. The Morgan fingerprint density at radius 3 is 2.58 bits per heavy atom. The summed E-state index contributed by atoms with van der Waals surface area (Å²) in [5.41, 5.74) is 1.76. The molecule has 1 fully saturated rings. The lowest BCUT2D eigenvalue weighted by Gasteiger charge is -2.28. The number of para-hydroxylation sites is 2. The Labute approximate surface area is 193 Å². The molecule has 8 nitrogen and oxygen atoms in total. The highest BCUT2D eigenvalue weighted by atomic mass is 16.5. The summed E-state index contributed by atoms with van der Waals surface area (Å²) < 4.78 is 13.0. The van der Waals surface area contributed by atoms with Gasteiger partial charge in [0, 0.05) is 19.5 Å². The van der Waals surface area contributed by atoms with Gasteiger partial charge >= 0.3 is 0 Å². The number of Topliss-reactive ketones (excluding diaryl/α,β-unsaturated/α-hetero) is 1. The fourth-order valence-corrected chi connectivity index (χ4v) is 3.95. The monoisotopic (exact) mass is 445 g/mol. The zero-order valence-electron chi connectivity index (χ0n) is 18.7. The number of hydrogen-bond acceptors (Lipinski definition) is 7. The molecule has 0 N–H and O–H groups in total. The third-order valence-electron chi connectivity index (χ3n) is 5.60. The van der Waals surface area contributed by atoms with E-state index in [2.05, 4.69) is 21.2 Å². The minimum absolute atomic E-state index is 0.193. The van der Waals surface area contributed by atoms with E-state index >= 15 is 0 Å². The minimum Gasteiger partial charge on any atom is -0.494 e. The molecule has 2 aromatic carbocycles. The summed E-state index contributed by atoms with van der Waals surface area (Å²) in [5.74, 6) is 0.513. The molecule has 0 aliphatic carbocycles. The Bertz CT molecular complexity index is 1120. The molecule has 0 saturated carbocycles. The Kier molecular flexibility index (Phi) is 7.33. The van der Waals surface area contributed by atoms with Crippen LogP contribution in [0.3, 0.4) is 0 Å². The van der Waals surface area contributed by atoms with Crippen LogP contribution < -0.4 is 9.64 Å². The standard InChI is InChI=1S/C25H27N5O3/c1-2-33-23-11-7-6-8-19(23)12-13-22(31)21(18-26)24-27-28-25(29-14-16-32-17-15-29)30(24)20-9-4-3-5-10-20/h3-11,21H,2,12-17H2,1H3/t21-/m1/s1. The van der Waals surface area contributed by atoms with Gasteiger partial charge in [0.25, 0.3) is 0 Å². The van der Waals surface area contributed by atoms with Gasteiger partial charge in [-0.05, 0) is 37.1 Å². The van der Waals surface area contributed by atoms with Crippen LogP contribution >= 0.6 is 0 Å². The molecule has 4 rings (SSSR count). The van der Waals surface area contributed by atoms with Crippen molar-refractivity contribution < 1.29 is 14.3 Å². The Hall–Kier alpha value is -3.70. The van der Waals surface area contributed by atoms with Gasteiger partial charge in [-0.1, -0.05) is 36.4 Å². The van der Waals surface area contributed by atoms with Crippen LogP contribution in [0.15, 0.2) is 54.6 Å². The highest BCUT2D eigenvalue weighted by Crippen LogP contribution is 2.28. The SMILES string of the molecule is CCOc1ccccc1CCC(=O)[C@@H](C#N)c1nnc(N2CCOCC2)n1-c1ccccc1. The van der Waals surface area contributed by atoms with Gasteiger partial charge in [0.1, 0.15) is 5.75 Å². The summed E-state index contributed by atoms with van der Waals surface area (Å²) >= 11 is 0. The minimum atomic E-state index is -1.02. The van der Waals surface area contributed by atoms with E-state index in [-0.39, 0.29) is 12.2 Å². The highest BCUT2D eigenvalue weighted by Gasteiger charge is 2.30. The quantitative estimate of drug-likeness (QED) is 0.499. The number of nitriles is 1. The van der Waals surface area contributed by atoms with Crippen molar-refractivity contribution in [2.75, 3.05) is 37.8 Å². The number of rotatable bonds is 9. The van der Waals surface area contributed by atoms with Crippen molar-refractivity contribution in [1.82, 2.24) is 14.8 Å². The molecule has 1 atom stereocenters. The molecule has 1 aromatic heterocycles. The average Bonchev–Trinajstić information content (AvgIpc) is 3.30. The van der Waals surface area contributed by atoms with Gasteiger partial charge < -0.3 is 14.4 Å². The molecular formula is C25H27N5O3. The maximum absolute atomic E-state index is 13.2. The van der Waals surface area contributed by atoms with E-state index in [9.17, 15) is 10.1 Å². The average molecular weight is 446 g/mol. The van der Waals surface area contributed by atoms with E-state index in [0.717, 1.165) is 17.0 Å². The maximum Gasteiger partial charge on any atom is 0.232 e. The Morgan fingerprint density at radius 2 is 1.85 bits per heavy atom. The van der Waals surface area contributed by atoms with Crippen LogP contribution in [0.5, 0.6) is 5.75 Å². The second-order valence-electron chi connectivity index (χ2n) is 7.70. The van der Waals surface area contributed by atoms with Crippen LogP contribution in [-0.4, -0.2) is 53.5 Å². The Balaban J connectivity index is 1.62. The smallest absolute Gasteiger partial charge is 0.232 e. The molecule has 33 heavy (non-hydrogen) atoms. The number of aryl methyl sites for hydroxylation is 1. The van der Waals surface area contributed by atoms with Gasteiger partial charge in [0.15, 0.2) is 17.5 Å². The van der Waals surface area contributed by atoms with Gasteiger partial charge in [0.05, 0.1) is 31.6 Å². The number of hydrogen-bond donors (Lipinski definition) is 0. The lowest BCUT2D eigenvalue weighted by molar-refractivity contribution is -0.119. The number of morpholine rings is 1. The van der Waals surface area contributed by atoms with Gasteiger partial charge in [-0.25, -0.2) is 0 Å². The maximum atomic E-state index is 13.2. The molecular weight excluding hydrogens is 418 g/mol. The summed E-state index contributed by atoms with van der Waals surface area (Å²) in [6, 6.07) is 19.4. The number of anilines is 1. The zero-order chi connectivity index (χ0) is 23.0. The fourth-order valence-electron chi connectivity index (χ4n) is 3.95. The molecule has 0 amide bonds. The van der Waals surface area contributed by atoms with E-state index in [0.29, 0.717) is 51.1 Å². The van der Waals surface area contributed by atoms with E-state index in [4.69, 9.17) is 9.47 Å². The molecule has 0 radical (unpaired) electrons. The largest absolute Gasteiger partial charge is 0.494 e. The van der Waals surface area contributed by atoms with Crippen LogP contribution in [0.2, 0.25) is 0 Å². The second-order valence-corrected chi connectivity index (χ2v) is 7.70.